The van der Waals surface area contributed by atoms with Gasteiger partial charge in [-0.3, -0.25) is 9.36 Å². The Balaban J connectivity index is 1.39. The fraction of sp³-hybridized carbons (Fsp3) is 0.286. The number of rotatable bonds is 6. The third-order valence-electron chi connectivity index (χ3n) is 6.57. The molecule has 0 saturated carbocycles. The van der Waals surface area contributed by atoms with Crippen LogP contribution < -0.4 is 15.2 Å². The van der Waals surface area contributed by atoms with Crippen molar-refractivity contribution in [3.63, 3.8) is 0 Å². The number of hydrogen-bond donors (Lipinski definition) is 0. The maximum atomic E-state index is 14.3. The van der Waals surface area contributed by atoms with Gasteiger partial charge in [0.25, 0.3) is 5.56 Å². The van der Waals surface area contributed by atoms with Crippen LogP contribution in [0.2, 0.25) is 0 Å². The van der Waals surface area contributed by atoms with E-state index in [0.29, 0.717) is 65.1 Å². The molecule has 0 bridgehead atoms. The lowest BCUT2D eigenvalue weighted by molar-refractivity contribution is -0.0171. The van der Waals surface area contributed by atoms with Crippen LogP contribution in [0.5, 0.6) is 5.75 Å². The van der Waals surface area contributed by atoms with E-state index in [1.165, 1.54) is 23.9 Å². The highest BCUT2D eigenvalue weighted by Gasteiger charge is 2.20. The van der Waals surface area contributed by atoms with E-state index >= 15 is 0 Å². The first-order chi connectivity index (χ1) is 18.2. The topological polar surface area (TPSA) is 65.8 Å². The summed E-state index contributed by atoms with van der Waals surface area (Å²) in [6.45, 7) is 3.75. The molecule has 0 spiro atoms. The van der Waals surface area contributed by atoms with Crippen LogP contribution in [-0.4, -0.2) is 42.6 Å². The molecule has 2 aliphatic heterocycles. The van der Waals surface area contributed by atoms with Gasteiger partial charge in [0.15, 0.2) is 11.9 Å². The third kappa shape index (κ3) is 5.07. The van der Waals surface area contributed by atoms with Gasteiger partial charge < -0.3 is 19.1 Å². The van der Waals surface area contributed by atoms with E-state index in [0.717, 1.165) is 24.3 Å². The minimum Gasteiger partial charge on any atom is -0.467 e. The molecule has 190 valence electrons. The first-order valence-electron chi connectivity index (χ1n) is 12.2. The average molecular weight is 520 g/mol. The molecule has 37 heavy (non-hydrogen) atoms. The summed E-state index contributed by atoms with van der Waals surface area (Å²) in [6.07, 6.45) is 0. The Kier molecular flexibility index (Phi) is 6.82. The molecule has 4 aromatic rings. The molecule has 1 fully saturated rings. The van der Waals surface area contributed by atoms with Crippen LogP contribution >= 0.6 is 11.8 Å². The van der Waals surface area contributed by atoms with Crippen molar-refractivity contribution in [2.75, 3.05) is 38.0 Å². The van der Waals surface area contributed by atoms with E-state index in [9.17, 15) is 9.18 Å². The van der Waals surface area contributed by atoms with Gasteiger partial charge in [0.2, 0.25) is 0 Å². The van der Waals surface area contributed by atoms with Crippen molar-refractivity contribution in [3.8, 4) is 5.75 Å². The van der Waals surface area contributed by atoms with E-state index in [2.05, 4.69) is 4.90 Å². The number of thioether (sulfide) groups is 1. The Labute approximate surface area is 217 Å². The standard InChI is InChI=1S/C28H26FN3O4S/c29-22-12-20-16-35-18-36-26(20)21(13-22)17-37-28-30-25-7-6-23(31-8-10-34-11-9-31)14-24(25)27(33)32(28)15-19-4-2-1-3-5-19/h1-7,12-14H,8-11,15-18H2. The summed E-state index contributed by atoms with van der Waals surface area (Å²) in [5.74, 6) is 0.707. The van der Waals surface area contributed by atoms with Crippen LogP contribution in [0.4, 0.5) is 10.1 Å². The Bertz CT molecular complexity index is 1490. The number of halogens is 1. The fourth-order valence-corrected chi connectivity index (χ4v) is 5.69. The second-order valence-electron chi connectivity index (χ2n) is 9.02. The second-order valence-corrected chi connectivity index (χ2v) is 9.97. The van der Waals surface area contributed by atoms with Crippen LogP contribution in [-0.2, 0) is 28.4 Å². The lowest BCUT2D eigenvalue weighted by Crippen LogP contribution is -2.36. The quantitative estimate of drug-likeness (QED) is 0.273. The molecule has 7 nitrogen and oxygen atoms in total. The Morgan fingerprint density at radius 1 is 1.00 bits per heavy atom. The van der Waals surface area contributed by atoms with Crippen molar-refractivity contribution in [3.05, 3.63) is 93.5 Å². The highest BCUT2D eigenvalue weighted by molar-refractivity contribution is 7.98. The maximum absolute atomic E-state index is 14.3. The SMILES string of the molecule is O=c1c2cc(N3CCOCC3)ccc2nc(SCc2cc(F)cc3c2OCOC3)n1Cc1ccccc1. The number of anilines is 1. The van der Waals surface area contributed by atoms with Gasteiger partial charge in [-0.15, -0.1) is 0 Å². The highest BCUT2D eigenvalue weighted by atomic mass is 32.2. The van der Waals surface area contributed by atoms with Gasteiger partial charge in [0.05, 0.1) is 37.3 Å². The zero-order valence-electron chi connectivity index (χ0n) is 20.2. The van der Waals surface area contributed by atoms with Crippen LogP contribution in [0.1, 0.15) is 16.7 Å². The predicted octanol–water partition coefficient (Wildman–Crippen LogP) is 4.58. The molecule has 6 rings (SSSR count). The minimum atomic E-state index is -0.341. The van der Waals surface area contributed by atoms with Crippen LogP contribution in [0.3, 0.4) is 0 Å². The average Bonchev–Trinajstić information content (AvgIpc) is 2.94. The van der Waals surface area contributed by atoms with Gasteiger partial charge in [-0.2, -0.15) is 0 Å². The van der Waals surface area contributed by atoms with Gasteiger partial charge >= 0.3 is 0 Å². The lowest BCUT2D eigenvalue weighted by atomic mass is 10.1. The van der Waals surface area contributed by atoms with Crippen molar-refractivity contribution >= 4 is 28.4 Å². The van der Waals surface area contributed by atoms with Gasteiger partial charge in [0.1, 0.15) is 11.6 Å². The van der Waals surface area contributed by atoms with Crippen molar-refractivity contribution in [1.82, 2.24) is 9.55 Å². The van der Waals surface area contributed by atoms with Gasteiger partial charge in [0, 0.05) is 35.7 Å². The van der Waals surface area contributed by atoms with E-state index in [1.54, 1.807) is 4.57 Å². The molecular weight excluding hydrogens is 493 g/mol. The normalized spacial score (nSPS) is 15.4. The largest absolute Gasteiger partial charge is 0.467 e. The number of morpholine rings is 1. The number of hydrogen-bond acceptors (Lipinski definition) is 7. The monoisotopic (exact) mass is 519 g/mol. The smallest absolute Gasteiger partial charge is 0.262 e. The summed E-state index contributed by atoms with van der Waals surface area (Å²) in [7, 11) is 0. The van der Waals surface area contributed by atoms with Crippen LogP contribution in [0.15, 0.2) is 70.6 Å². The Morgan fingerprint density at radius 2 is 1.84 bits per heavy atom. The lowest BCUT2D eigenvalue weighted by Gasteiger charge is -2.29. The molecule has 0 aliphatic carbocycles. The summed E-state index contributed by atoms with van der Waals surface area (Å²) in [5.41, 5.74) is 3.93. The number of fused-ring (bicyclic) bond motifs is 2. The van der Waals surface area contributed by atoms with E-state index in [-0.39, 0.29) is 18.2 Å². The molecule has 2 aliphatic rings. The predicted molar refractivity (Wildman–Crippen MR) is 141 cm³/mol. The van der Waals surface area contributed by atoms with E-state index in [1.807, 2.05) is 48.5 Å². The maximum Gasteiger partial charge on any atom is 0.262 e. The molecular formula is C28H26FN3O4S. The Hall–Kier alpha value is -3.40. The summed E-state index contributed by atoms with van der Waals surface area (Å²) in [6, 6.07) is 18.6. The summed E-state index contributed by atoms with van der Waals surface area (Å²) in [5, 5.41) is 1.15. The van der Waals surface area contributed by atoms with Gasteiger partial charge in [-0.05, 0) is 35.9 Å². The molecule has 0 N–H and O–H groups in total. The Morgan fingerprint density at radius 3 is 2.68 bits per heavy atom. The van der Waals surface area contributed by atoms with Crippen molar-refractivity contribution in [1.29, 1.82) is 0 Å². The summed E-state index contributed by atoms with van der Waals surface area (Å²) >= 11 is 1.40. The third-order valence-corrected chi connectivity index (χ3v) is 7.60. The van der Waals surface area contributed by atoms with Crippen LogP contribution in [0, 0.1) is 5.82 Å². The van der Waals surface area contributed by atoms with E-state index < -0.39 is 0 Å². The molecule has 3 aromatic carbocycles. The number of aromatic nitrogens is 2. The zero-order valence-corrected chi connectivity index (χ0v) is 21.0. The molecule has 0 unspecified atom stereocenters. The van der Waals surface area contributed by atoms with Crippen LogP contribution in [0.25, 0.3) is 10.9 Å². The first kappa shape index (κ1) is 24.0. The second kappa shape index (κ2) is 10.5. The van der Waals surface area contributed by atoms with Gasteiger partial charge in [-0.25, -0.2) is 9.37 Å². The zero-order chi connectivity index (χ0) is 25.2. The van der Waals surface area contributed by atoms with Crippen molar-refractivity contribution in [2.24, 2.45) is 0 Å². The summed E-state index contributed by atoms with van der Waals surface area (Å²) < 4.78 is 32.5. The molecule has 0 atom stereocenters. The molecule has 1 saturated heterocycles. The van der Waals surface area contributed by atoms with Crippen molar-refractivity contribution in [2.45, 2.75) is 24.1 Å². The summed E-state index contributed by atoms with van der Waals surface area (Å²) in [4.78, 5) is 21.0. The number of benzene rings is 3. The first-order valence-corrected chi connectivity index (χ1v) is 13.2. The minimum absolute atomic E-state index is 0.0996. The molecule has 3 heterocycles. The van der Waals surface area contributed by atoms with Crippen molar-refractivity contribution < 1.29 is 18.6 Å². The molecule has 1 aromatic heterocycles. The molecule has 9 heteroatoms. The number of ether oxygens (including phenoxy) is 3. The highest BCUT2D eigenvalue weighted by Crippen LogP contribution is 2.34. The molecule has 0 amide bonds. The fourth-order valence-electron chi connectivity index (χ4n) is 4.73. The van der Waals surface area contributed by atoms with E-state index in [4.69, 9.17) is 19.2 Å². The molecule has 0 radical (unpaired) electrons. The van der Waals surface area contributed by atoms with Gasteiger partial charge in [-0.1, -0.05) is 42.1 Å². The number of nitrogens with zero attached hydrogens (tertiary/aromatic N) is 3.